The Kier molecular flexibility index (Phi) is 22.1. The van der Waals surface area contributed by atoms with Crippen LogP contribution in [0.1, 0.15) is 136 Å². The Balaban J connectivity index is 0.941. The molecule has 0 radical (unpaired) electrons. The van der Waals surface area contributed by atoms with E-state index in [4.69, 9.17) is 38.2 Å². The Morgan fingerprint density at radius 1 is 0.747 bits per heavy atom. The van der Waals surface area contributed by atoms with Gasteiger partial charge in [-0.3, -0.25) is 48.2 Å². The summed E-state index contributed by atoms with van der Waals surface area (Å²) in [4.78, 5) is 130. The monoisotopic (exact) mass is 1310 g/mol. The van der Waals surface area contributed by atoms with Crippen molar-refractivity contribution in [3.63, 3.8) is 0 Å². The van der Waals surface area contributed by atoms with Crippen LogP contribution in [-0.4, -0.2) is 112 Å². The molecule has 0 saturated heterocycles. The first-order valence-electron chi connectivity index (χ1n) is 30.8. The Morgan fingerprint density at radius 3 is 1.96 bits per heavy atom. The zero-order valence-corrected chi connectivity index (χ0v) is 55.1. The molecule has 8 rings (SSSR count). The number of halogens is 2. The summed E-state index contributed by atoms with van der Waals surface area (Å²) < 4.78 is 24.3. The van der Waals surface area contributed by atoms with E-state index in [1.165, 1.54) is 12.2 Å². The molecule has 9 amide bonds. The minimum absolute atomic E-state index is 0.00481. The van der Waals surface area contributed by atoms with Gasteiger partial charge in [0.15, 0.2) is 0 Å². The third kappa shape index (κ3) is 15.7. The van der Waals surface area contributed by atoms with E-state index in [2.05, 4.69) is 42.0 Å². The number of phosphoric ester groups is 1. The molecule has 0 aromatic heterocycles. The van der Waals surface area contributed by atoms with Gasteiger partial charge in [-0.2, -0.15) is 0 Å². The van der Waals surface area contributed by atoms with E-state index in [9.17, 15) is 47.9 Å². The molecule has 3 aliphatic rings. The van der Waals surface area contributed by atoms with Crippen molar-refractivity contribution in [3.8, 4) is 11.5 Å². The van der Waals surface area contributed by atoms with Gasteiger partial charge in [-0.15, -0.1) is 23.2 Å². The maximum absolute atomic E-state index is 15.1. The number of unbranched alkanes of at least 4 members (excludes halogenated alkanes) is 2. The van der Waals surface area contributed by atoms with Crippen LogP contribution in [0.5, 0.6) is 11.5 Å². The van der Waals surface area contributed by atoms with Crippen LogP contribution >= 0.6 is 31.0 Å². The van der Waals surface area contributed by atoms with E-state index in [1.807, 2.05) is 63.2 Å². The topological polar surface area (TPSA) is 296 Å². The fourth-order valence-corrected chi connectivity index (χ4v) is 14.4. The van der Waals surface area contributed by atoms with Crippen LogP contribution in [0, 0.1) is 16.7 Å². The number of primary amides is 1. The van der Waals surface area contributed by atoms with Gasteiger partial charge >= 0.3 is 13.9 Å². The highest BCUT2D eigenvalue weighted by Gasteiger charge is 2.62. The fourth-order valence-electron chi connectivity index (χ4n) is 13.0. The number of nitrogens with zero attached hydrogens (tertiary/aromatic N) is 3. The zero-order valence-electron chi connectivity index (χ0n) is 52.7. The lowest BCUT2D eigenvalue weighted by molar-refractivity contribution is -0.137. The minimum Gasteiger partial charge on any atom is -0.488 e. The number of carbonyl (C=O) groups excluding carboxylic acids is 8. The SMILES string of the molecule is CC(C)C(NC(=O)CCCCCN1C(=O)C=CC1=O)C(=O)NC(CCCNC(N)=O)C(=O)Nc1ccc(COc2cc3c(c4ccccc24)[C@H](CCl)CN3C(=O)CCCC(=O)N2c3cc(OP(=O)(O)O)c4ccccc4c3C(CCl)(C(C)(C)C)C2C(C)(C)C)cc1. The third-order valence-electron chi connectivity index (χ3n) is 17.3. The molecule has 21 nitrogen and oxygen atoms in total. The van der Waals surface area contributed by atoms with Crippen molar-refractivity contribution in [1.82, 2.24) is 20.9 Å². The molecule has 5 aromatic rings. The summed E-state index contributed by atoms with van der Waals surface area (Å²) in [5.74, 6) is -2.49. The average Bonchev–Trinajstić information content (AvgIpc) is 1.54. The first-order chi connectivity index (χ1) is 43.0. The summed E-state index contributed by atoms with van der Waals surface area (Å²) in [7, 11) is -5.05. The van der Waals surface area contributed by atoms with Crippen molar-refractivity contribution >= 4 is 117 Å². The van der Waals surface area contributed by atoms with E-state index in [-0.39, 0.29) is 117 Å². The van der Waals surface area contributed by atoms with Gasteiger partial charge in [-0.05, 0) is 88.4 Å². The number of alkyl halides is 2. The van der Waals surface area contributed by atoms with Crippen molar-refractivity contribution < 1.29 is 62.0 Å². The summed E-state index contributed by atoms with van der Waals surface area (Å²) >= 11 is 13.9. The van der Waals surface area contributed by atoms with Crippen LogP contribution in [0.3, 0.4) is 0 Å². The van der Waals surface area contributed by atoms with Gasteiger partial charge in [0.1, 0.15) is 30.2 Å². The fraction of sp³-hybridized carbons (Fsp3) is 0.463. The van der Waals surface area contributed by atoms with Gasteiger partial charge in [0.2, 0.25) is 29.5 Å². The standard InChI is InChI=1S/C67H83Cl2N8O13P/c1-40(2)60(74-53(78)23-10-9-15-33-75-55(80)30-31-56(75)81)62(84)73-48(22-17-32-71-64(70)85)61(83)72-43-28-26-41(27-29-43)38-89-51-34-49-58(46-20-13-11-18-44(46)51)42(36-68)37-76(49)54(79)24-16-25-57(82)77-50-35-52(90-91(86,87)88)45-19-12-14-21-47(45)59(50)67(39-69,66(6,7)8)63(77)65(3,4)5/h11-14,18-21,26-31,34-35,40,42,48,60,63H,9-10,15-17,22-25,32-33,36-39H2,1-8H3,(H,72,83)(H,73,84)(H,74,78)(H3,70,71,85)(H2,86,87,88)/t42-,48?,60?,63?,67?/m1/s1. The van der Waals surface area contributed by atoms with Crippen LogP contribution in [0.4, 0.5) is 21.9 Å². The van der Waals surface area contributed by atoms with Gasteiger partial charge in [-0.1, -0.05) is 122 Å². The largest absolute Gasteiger partial charge is 0.524 e. The molecule has 3 heterocycles. The number of phosphoric acid groups is 1. The number of amides is 9. The molecule has 0 saturated carbocycles. The number of imide groups is 1. The number of benzene rings is 5. The number of nitrogens with one attached hydrogen (secondary N) is 4. The Labute approximate surface area is 540 Å². The Bertz CT molecular complexity index is 3660. The number of nitrogens with two attached hydrogens (primary N) is 1. The third-order valence-corrected chi connectivity index (χ3v) is 18.6. The summed E-state index contributed by atoms with van der Waals surface area (Å²) in [6.07, 6.45) is 4.63. The molecule has 488 valence electrons. The number of hydrogen-bond acceptors (Lipinski definition) is 11. The van der Waals surface area contributed by atoms with Crippen LogP contribution in [0.2, 0.25) is 0 Å². The highest BCUT2D eigenvalue weighted by atomic mass is 35.5. The van der Waals surface area contributed by atoms with Crippen molar-refractivity contribution in [2.45, 2.75) is 149 Å². The smallest absolute Gasteiger partial charge is 0.488 e. The van der Waals surface area contributed by atoms with Gasteiger partial charge in [0.25, 0.3) is 11.8 Å². The summed E-state index contributed by atoms with van der Waals surface area (Å²) in [5.41, 5.74) is 7.23. The highest BCUT2D eigenvalue weighted by Crippen LogP contribution is 2.63. The zero-order chi connectivity index (χ0) is 66.3. The minimum atomic E-state index is -5.05. The number of rotatable bonds is 27. The van der Waals surface area contributed by atoms with E-state index >= 15 is 4.79 Å². The normalized spacial score (nSPS) is 17.9. The predicted octanol–water partition coefficient (Wildman–Crippen LogP) is 10.4. The van der Waals surface area contributed by atoms with E-state index in [0.29, 0.717) is 59.4 Å². The first kappa shape index (κ1) is 69.3. The molecule has 91 heavy (non-hydrogen) atoms. The summed E-state index contributed by atoms with van der Waals surface area (Å²) in [5, 5.41) is 13.8. The molecule has 4 unspecified atom stereocenters. The average molecular weight is 1310 g/mol. The number of urea groups is 1. The van der Waals surface area contributed by atoms with Gasteiger partial charge < -0.3 is 46.1 Å². The number of anilines is 3. The molecule has 0 fully saturated rings. The van der Waals surface area contributed by atoms with Crippen molar-refractivity contribution in [1.29, 1.82) is 0 Å². The molecule has 3 aliphatic heterocycles. The maximum atomic E-state index is 15.1. The van der Waals surface area contributed by atoms with Crippen molar-refractivity contribution in [2.24, 2.45) is 22.5 Å². The highest BCUT2D eigenvalue weighted by molar-refractivity contribution is 7.46. The second kappa shape index (κ2) is 29.0. The van der Waals surface area contributed by atoms with E-state index in [0.717, 1.165) is 32.4 Å². The molecule has 5 atom stereocenters. The lowest BCUT2D eigenvalue weighted by atomic mass is 9.56. The predicted molar refractivity (Wildman–Crippen MR) is 352 cm³/mol. The second-order valence-electron chi connectivity index (χ2n) is 26.1. The lowest BCUT2D eigenvalue weighted by Crippen LogP contribution is -2.60. The van der Waals surface area contributed by atoms with Crippen molar-refractivity contribution in [2.75, 3.05) is 46.5 Å². The van der Waals surface area contributed by atoms with Gasteiger partial charge in [-0.25, -0.2) is 9.36 Å². The Morgan fingerprint density at radius 2 is 1.36 bits per heavy atom. The van der Waals surface area contributed by atoms with Gasteiger partial charge in [0.05, 0.1) is 17.4 Å². The molecule has 24 heteroatoms. The molecule has 0 bridgehead atoms. The number of carbonyl (C=O) groups is 8. The quantitative estimate of drug-likeness (QED) is 0.0112. The van der Waals surface area contributed by atoms with Crippen LogP contribution < -0.4 is 46.1 Å². The van der Waals surface area contributed by atoms with Crippen LogP contribution in [-0.2, 0) is 50.1 Å². The number of ether oxygens (including phenoxy) is 1. The lowest BCUT2D eigenvalue weighted by Gasteiger charge is -2.52. The first-order valence-corrected chi connectivity index (χ1v) is 33.4. The summed E-state index contributed by atoms with van der Waals surface area (Å²) in [6, 6.07) is 21.9. The van der Waals surface area contributed by atoms with E-state index < -0.39 is 60.0 Å². The molecular formula is C67H83Cl2N8O13P. The molecule has 0 spiro atoms. The molecule has 5 aromatic carbocycles. The summed E-state index contributed by atoms with van der Waals surface area (Å²) in [6.45, 7) is 16.7. The maximum Gasteiger partial charge on any atom is 0.524 e. The number of fused-ring (bicyclic) bond motifs is 6. The molecular weight excluding hydrogens is 1230 g/mol. The van der Waals surface area contributed by atoms with E-state index in [1.54, 1.807) is 66.1 Å². The molecule has 8 N–H and O–H groups in total. The van der Waals surface area contributed by atoms with Gasteiger partial charge in [0, 0.05) is 103 Å². The van der Waals surface area contributed by atoms with Crippen LogP contribution in [0.25, 0.3) is 21.5 Å². The second-order valence-corrected chi connectivity index (χ2v) is 27.8. The van der Waals surface area contributed by atoms with Crippen LogP contribution in [0.15, 0.2) is 97.1 Å². The Hall–Kier alpha value is -7.55. The molecule has 0 aliphatic carbocycles. The number of hydrogen-bond donors (Lipinski definition) is 7. The van der Waals surface area contributed by atoms with Crippen molar-refractivity contribution in [3.05, 3.63) is 114 Å².